The zero-order valence-electron chi connectivity index (χ0n) is 12.0. The van der Waals surface area contributed by atoms with Gasteiger partial charge in [-0.25, -0.2) is 0 Å². The van der Waals surface area contributed by atoms with Crippen LogP contribution in [0.1, 0.15) is 31.2 Å². The van der Waals surface area contributed by atoms with Gasteiger partial charge in [-0.05, 0) is 53.5 Å². The lowest BCUT2D eigenvalue weighted by atomic mass is 10.1. The molecule has 1 N–H and O–H groups in total. The van der Waals surface area contributed by atoms with Gasteiger partial charge in [0.1, 0.15) is 0 Å². The second kappa shape index (κ2) is 6.13. The van der Waals surface area contributed by atoms with Gasteiger partial charge in [0, 0.05) is 6.42 Å². The molecule has 2 nitrogen and oxygen atoms in total. The van der Waals surface area contributed by atoms with E-state index in [9.17, 15) is 4.79 Å². The second-order valence-electron chi connectivity index (χ2n) is 5.91. The SMILES string of the molecule is O=C(O)CCC[C@@H]1CC1/C=C/c1ccc2ccccc2c1. The molecule has 0 heterocycles. The van der Waals surface area contributed by atoms with Crippen LogP contribution in [0.2, 0.25) is 0 Å². The number of carboxylic acid groups (broad SMARTS) is 1. The monoisotopic (exact) mass is 280 g/mol. The van der Waals surface area contributed by atoms with Gasteiger partial charge in [0.25, 0.3) is 0 Å². The quantitative estimate of drug-likeness (QED) is 0.829. The Labute approximate surface area is 125 Å². The Morgan fingerprint density at radius 1 is 1.19 bits per heavy atom. The molecule has 108 valence electrons. The van der Waals surface area contributed by atoms with Crippen LogP contribution in [0, 0.1) is 11.8 Å². The Morgan fingerprint density at radius 2 is 2.00 bits per heavy atom. The normalized spacial score (nSPS) is 21.0. The zero-order valence-corrected chi connectivity index (χ0v) is 12.0. The lowest BCUT2D eigenvalue weighted by Crippen LogP contribution is -1.94. The highest BCUT2D eigenvalue weighted by atomic mass is 16.4. The average molecular weight is 280 g/mol. The Balaban J connectivity index is 1.55. The Bertz CT molecular complexity index is 672. The summed E-state index contributed by atoms with van der Waals surface area (Å²) in [6, 6.07) is 14.9. The van der Waals surface area contributed by atoms with E-state index < -0.39 is 5.97 Å². The van der Waals surface area contributed by atoms with Crippen LogP contribution in [-0.2, 0) is 4.79 Å². The number of aliphatic carboxylic acids is 1. The summed E-state index contributed by atoms with van der Waals surface area (Å²) in [7, 11) is 0. The first-order valence-corrected chi connectivity index (χ1v) is 7.61. The van der Waals surface area contributed by atoms with Crippen molar-refractivity contribution < 1.29 is 9.90 Å². The Morgan fingerprint density at radius 3 is 2.81 bits per heavy atom. The number of fused-ring (bicyclic) bond motifs is 1. The highest BCUT2D eigenvalue weighted by Crippen LogP contribution is 2.43. The van der Waals surface area contributed by atoms with Crippen LogP contribution in [0.5, 0.6) is 0 Å². The standard InChI is InChI=1S/C19H20O2/c20-19(21)7-3-6-17-13-18(17)11-9-14-8-10-15-4-1-2-5-16(15)12-14/h1-2,4-5,8-12,17-18H,3,6-7,13H2,(H,20,21)/b11-9+/t17-,18?/m1/s1. The predicted octanol–water partition coefficient (Wildman–Crippen LogP) is 4.74. The lowest BCUT2D eigenvalue weighted by molar-refractivity contribution is -0.137. The van der Waals surface area contributed by atoms with Crippen molar-refractivity contribution in [2.75, 3.05) is 0 Å². The smallest absolute Gasteiger partial charge is 0.303 e. The predicted molar refractivity (Wildman–Crippen MR) is 86.1 cm³/mol. The summed E-state index contributed by atoms with van der Waals surface area (Å²) in [6.07, 6.45) is 7.85. The second-order valence-corrected chi connectivity index (χ2v) is 5.91. The highest BCUT2D eigenvalue weighted by Gasteiger charge is 2.33. The minimum atomic E-state index is -0.682. The number of carbonyl (C=O) groups is 1. The van der Waals surface area contributed by atoms with Gasteiger partial charge in [-0.2, -0.15) is 0 Å². The molecule has 0 spiro atoms. The molecule has 0 bridgehead atoms. The third-order valence-corrected chi connectivity index (χ3v) is 4.25. The summed E-state index contributed by atoms with van der Waals surface area (Å²) < 4.78 is 0. The van der Waals surface area contributed by atoms with Crippen LogP contribution in [0.3, 0.4) is 0 Å². The van der Waals surface area contributed by atoms with E-state index in [0.717, 1.165) is 12.8 Å². The first kappa shape index (κ1) is 13.9. The molecule has 1 unspecified atom stereocenters. The maximum Gasteiger partial charge on any atom is 0.303 e. The molecule has 1 aliphatic rings. The van der Waals surface area contributed by atoms with Crippen LogP contribution >= 0.6 is 0 Å². The molecule has 21 heavy (non-hydrogen) atoms. The van der Waals surface area contributed by atoms with E-state index in [1.165, 1.54) is 22.8 Å². The van der Waals surface area contributed by atoms with E-state index in [0.29, 0.717) is 18.3 Å². The molecule has 0 aliphatic heterocycles. The van der Waals surface area contributed by atoms with E-state index in [1.807, 2.05) is 0 Å². The van der Waals surface area contributed by atoms with Gasteiger partial charge in [-0.3, -0.25) is 4.79 Å². The third kappa shape index (κ3) is 3.72. The molecule has 1 aliphatic carbocycles. The summed E-state index contributed by atoms with van der Waals surface area (Å²) >= 11 is 0. The number of allylic oxidation sites excluding steroid dienone is 1. The minimum Gasteiger partial charge on any atom is -0.481 e. The van der Waals surface area contributed by atoms with Gasteiger partial charge in [0.2, 0.25) is 0 Å². The molecular formula is C19H20O2. The van der Waals surface area contributed by atoms with Crippen molar-refractivity contribution in [3.05, 3.63) is 54.1 Å². The van der Waals surface area contributed by atoms with Gasteiger partial charge in [0.05, 0.1) is 0 Å². The van der Waals surface area contributed by atoms with Crippen molar-refractivity contribution in [3.8, 4) is 0 Å². The van der Waals surface area contributed by atoms with Gasteiger partial charge in [-0.15, -0.1) is 0 Å². The van der Waals surface area contributed by atoms with Crippen LogP contribution in [-0.4, -0.2) is 11.1 Å². The number of carboxylic acids is 1. The molecule has 1 saturated carbocycles. The number of benzene rings is 2. The first-order chi connectivity index (χ1) is 10.2. The summed E-state index contributed by atoms with van der Waals surface area (Å²) in [6.45, 7) is 0. The average Bonchev–Trinajstić information content (AvgIpc) is 3.23. The fourth-order valence-corrected chi connectivity index (χ4v) is 2.90. The molecule has 3 rings (SSSR count). The van der Waals surface area contributed by atoms with Crippen molar-refractivity contribution in [1.82, 2.24) is 0 Å². The third-order valence-electron chi connectivity index (χ3n) is 4.25. The number of rotatable bonds is 6. The van der Waals surface area contributed by atoms with Gasteiger partial charge in [-0.1, -0.05) is 48.6 Å². The molecule has 2 heteroatoms. The Hall–Kier alpha value is -2.09. The van der Waals surface area contributed by atoms with Crippen molar-refractivity contribution in [3.63, 3.8) is 0 Å². The minimum absolute atomic E-state index is 0.303. The topological polar surface area (TPSA) is 37.3 Å². The van der Waals surface area contributed by atoms with Crippen molar-refractivity contribution in [1.29, 1.82) is 0 Å². The van der Waals surface area contributed by atoms with Gasteiger partial charge >= 0.3 is 5.97 Å². The summed E-state index contributed by atoms with van der Waals surface area (Å²) in [4.78, 5) is 10.5. The van der Waals surface area contributed by atoms with Gasteiger partial charge < -0.3 is 5.11 Å². The molecule has 2 aromatic rings. The molecule has 0 aromatic heterocycles. The largest absolute Gasteiger partial charge is 0.481 e. The maximum absolute atomic E-state index is 10.5. The van der Waals surface area contributed by atoms with E-state index in [-0.39, 0.29) is 0 Å². The van der Waals surface area contributed by atoms with Crippen molar-refractivity contribution in [2.45, 2.75) is 25.7 Å². The number of hydrogen-bond donors (Lipinski definition) is 1. The van der Waals surface area contributed by atoms with Crippen molar-refractivity contribution in [2.24, 2.45) is 11.8 Å². The maximum atomic E-state index is 10.5. The summed E-state index contributed by atoms with van der Waals surface area (Å²) in [5.74, 6) is 0.658. The fourth-order valence-electron chi connectivity index (χ4n) is 2.90. The highest BCUT2D eigenvalue weighted by molar-refractivity contribution is 5.84. The fraction of sp³-hybridized carbons (Fsp3) is 0.316. The molecule has 0 amide bonds. The molecule has 0 saturated heterocycles. The molecule has 0 radical (unpaired) electrons. The van der Waals surface area contributed by atoms with Crippen LogP contribution in [0.15, 0.2) is 48.5 Å². The van der Waals surface area contributed by atoms with E-state index in [1.54, 1.807) is 0 Å². The summed E-state index contributed by atoms with van der Waals surface area (Å²) in [5.41, 5.74) is 1.24. The Kier molecular flexibility index (Phi) is 4.05. The molecule has 2 aromatic carbocycles. The van der Waals surface area contributed by atoms with E-state index in [4.69, 9.17) is 5.11 Å². The molecule has 1 fully saturated rings. The molecule has 2 atom stereocenters. The van der Waals surface area contributed by atoms with Crippen molar-refractivity contribution >= 4 is 22.8 Å². The van der Waals surface area contributed by atoms with Crippen LogP contribution in [0.25, 0.3) is 16.8 Å². The zero-order chi connectivity index (χ0) is 14.7. The van der Waals surface area contributed by atoms with E-state index >= 15 is 0 Å². The van der Waals surface area contributed by atoms with E-state index in [2.05, 4.69) is 54.6 Å². The van der Waals surface area contributed by atoms with Crippen LogP contribution in [0.4, 0.5) is 0 Å². The first-order valence-electron chi connectivity index (χ1n) is 7.61. The summed E-state index contributed by atoms with van der Waals surface area (Å²) in [5, 5.41) is 11.2. The molecular weight excluding hydrogens is 260 g/mol. The van der Waals surface area contributed by atoms with Crippen LogP contribution < -0.4 is 0 Å². The number of hydrogen-bond acceptors (Lipinski definition) is 1. The lowest BCUT2D eigenvalue weighted by Gasteiger charge is -1.99. The van der Waals surface area contributed by atoms with Gasteiger partial charge in [0.15, 0.2) is 0 Å².